The molecule has 0 aromatic heterocycles. The predicted octanol–water partition coefficient (Wildman–Crippen LogP) is 5.09. The molecule has 1 saturated carbocycles. The SMILES string of the molecule is CCCNc1cc(C(=O)NC(Cc2ccccc2)C(O)CN(CC)C(=O)NC2CCCCC2)cc(N2CCCCC2=O)c1. The van der Waals surface area contributed by atoms with Crippen molar-refractivity contribution in [3.63, 3.8) is 0 Å². The quantitative estimate of drug-likeness (QED) is 0.259. The molecule has 2 atom stereocenters. The van der Waals surface area contributed by atoms with Crippen LogP contribution in [0.1, 0.15) is 87.6 Å². The van der Waals surface area contributed by atoms with E-state index in [4.69, 9.17) is 0 Å². The zero-order valence-electron chi connectivity index (χ0n) is 25.8. The Morgan fingerprint density at radius 2 is 1.79 bits per heavy atom. The van der Waals surface area contributed by atoms with Crippen LogP contribution in [0.15, 0.2) is 48.5 Å². The molecule has 4 rings (SSSR count). The lowest BCUT2D eigenvalue weighted by Crippen LogP contribution is -2.53. The summed E-state index contributed by atoms with van der Waals surface area (Å²) < 4.78 is 0. The Morgan fingerprint density at radius 3 is 2.49 bits per heavy atom. The van der Waals surface area contributed by atoms with Gasteiger partial charge in [0.2, 0.25) is 5.91 Å². The van der Waals surface area contributed by atoms with Crippen LogP contribution in [0, 0.1) is 0 Å². The Kier molecular flexibility index (Phi) is 12.3. The number of amides is 4. The lowest BCUT2D eigenvalue weighted by molar-refractivity contribution is -0.119. The molecule has 2 fully saturated rings. The standard InChI is InChI=1S/C34H49N5O4/c1-3-18-35-28-21-26(22-29(23-28)39-19-12-11-17-32(39)41)33(42)37-30(20-25-13-7-5-8-14-25)31(40)24-38(4-2)34(43)36-27-15-9-6-10-16-27/h5,7-8,13-14,21-23,27,30-31,35,40H,3-4,6,9-12,15-20,24H2,1-2H3,(H,36,43)(H,37,42). The van der Waals surface area contributed by atoms with Gasteiger partial charge in [0.05, 0.1) is 18.7 Å². The number of aliphatic hydroxyl groups is 1. The molecule has 0 bridgehead atoms. The van der Waals surface area contributed by atoms with Gasteiger partial charge in [-0.3, -0.25) is 9.59 Å². The summed E-state index contributed by atoms with van der Waals surface area (Å²) in [5.41, 5.74) is 2.87. The van der Waals surface area contributed by atoms with Gasteiger partial charge in [-0.25, -0.2) is 4.79 Å². The van der Waals surface area contributed by atoms with Crippen LogP contribution in [0.5, 0.6) is 0 Å². The molecule has 9 heteroatoms. The van der Waals surface area contributed by atoms with E-state index >= 15 is 0 Å². The van der Waals surface area contributed by atoms with Gasteiger partial charge in [0.1, 0.15) is 0 Å². The normalized spacial score (nSPS) is 17.2. The highest BCUT2D eigenvalue weighted by Gasteiger charge is 2.28. The number of benzene rings is 2. The van der Waals surface area contributed by atoms with Gasteiger partial charge >= 0.3 is 6.03 Å². The van der Waals surface area contributed by atoms with E-state index in [0.717, 1.165) is 62.7 Å². The number of carbonyl (C=O) groups is 3. The molecule has 2 unspecified atom stereocenters. The first kappa shape index (κ1) is 32.3. The number of piperidine rings is 1. The highest BCUT2D eigenvalue weighted by atomic mass is 16.3. The highest BCUT2D eigenvalue weighted by molar-refractivity contribution is 6.00. The van der Waals surface area contributed by atoms with Crippen LogP contribution in [0.3, 0.4) is 0 Å². The molecule has 1 aliphatic heterocycles. The number of anilines is 2. The minimum Gasteiger partial charge on any atom is -0.389 e. The fourth-order valence-corrected chi connectivity index (χ4v) is 5.97. The number of hydrogen-bond donors (Lipinski definition) is 4. The predicted molar refractivity (Wildman–Crippen MR) is 171 cm³/mol. The Hall–Kier alpha value is -3.59. The van der Waals surface area contributed by atoms with Crippen molar-refractivity contribution in [2.24, 2.45) is 0 Å². The van der Waals surface area contributed by atoms with Gasteiger partial charge in [0.25, 0.3) is 5.91 Å². The van der Waals surface area contributed by atoms with E-state index in [1.165, 1.54) is 6.42 Å². The van der Waals surface area contributed by atoms with E-state index in [2.05, 4.69) is 22.9 Å². The second-order valence-corrected chi connectivity index (χ2v) is 11.9. The van der Waals surface area contributed by atoms with Crippen molar-refractivity contribution in [1.82, 2.24) is 15.5 Å². The van der Waals surface area contributed by atoms with Crippen molar-refractivity contribution >= 4 is 29.2 Å². The minimum atomic E-state index is -0.995. The summed E-state index contributed by atoms with van der Waals surface area (Å²) in [7, 11) is 0. The molecule has 2 aromatic carbocycles. The summed E-state index contributed by atoms with van der Waals surface area (Å²) in [5.74, 6) is -0.269. The topological polar surface area (TPSA) is 114 Å². The molecule has 4 N–H and O–H groups in total. The molecule has 2 aromatic rings. The maximum absolute atomic E-state index is 13.8. The van der Waals surface area contributed by atoms with Crippen LogP contribution in [0.4, 0.5) is 16.2 Å². The second-order valence-electron chi connectivity index (χ2n) is 11.9. The van der Waals surface area contributed by atoms with E-state index in [0.29, 0.717) is 37.2 Å². The average Bonchev–Trinajstić information content (AvgIpc) is 3.03. The summed E-state index contributed by atoms with van der Waals surface area (Å²) in [6.45, 7) is 5.88. The summed E-state index contributed by atoms with van der Waals surface area (Å²) in [4.78, 5) is 43.0. The Morgan fingerprint density at radius 1 is 1.02 bits per heavy atom. The number of urea groups is 1. The van der Waals surface area contributed by atoms with Crippen LogP contribution in [-0.4, -0.2) is 72.2 Å². The number of rotatable bonds is 13. The highest BCUT2D eigenvalue weighted by Crippen LogP contribution is 2.27. The maximum atomic E-state index is 13.8. The summed E-state index contributed by atoms with van der Waals surface area (Å²) >= 11 is 0. The van der Waals surface area contributed by atoms with Crippen LogP contribution in [-0.2, 0) is 11.2 Å². The average molecular weight is 592 g/mol. The lowest BCUT2D eigenvalue weighted by atomic mass is 9.96. The lowest BCUT2D eigenvalue weighted by Gasteiger charge is -2.32. The molecule has 0 spiro atoms. The van der Waals surface area contributed by atoms with Crippen LogP contribution in [0.25, 0.3) is 0 Å². The van der Waals surface area contributed by atoms with Crippen molar-refractivity contribution in [2.75, 3.05) is 36.4 Å². The smallest absolute Gasteiger partial charge is 0.317 e. The minimum absolute atomic E-state index is 0.0637. The van der Waals surface area contributed by atoms with Crippen molar-refractivity contribution < 1.29 is 19.5 Å². The third-order valence-corrected chi connectivity index (χ3v) is 8.48. The molecule has 9 nitrogen and oxygen atoms in total. The van der Waals surface area contributed by atoms with Gasteiger partial charge in [-0.2, -0.15) is 0 Å². The Labute approximate surface area is 256 Å². The van der Waals surface area contributed by atoms with E-state index in [1.807, 2.05) is 43.3 Å². The van der Waals surface area contributed by atoms with Gasteiger partial charge in [-0.15, -0.1) is 0 Å². The Bertz CT molecular complexity index is 1200. The number of carbonyl (C=O) groups excluding carboxylic acids is 3. The van der Waals surface area contributed by atoms with Gasteiger partial charge in [0.15, 0.2) is 0 Å². The number of nitrogens with one attached hydrogen (secondary N) is 3. The first-order valence-corrected chi connectivity index (χ1v) is 16.2. The van der Waals surface area contributed by atoms with E-state index in [1.54, 1.807) is 21.9 Å². The summed E-state index contributed by atoms with van der Waals surface area (Å²) in [5, 5.41) is 21.1. The first-order valence-electron chi connectivity index (χ1n) is 16.2. The molecule has 0 radical (unpaired) electrons. The molecule has 4 amide bonds. The van der Waals surface area contributed by atoms with Gasteiger partial charge in [-0.1, -0.05) is 56.5 Å². The van der Waals surface area contributed by atoms with E-state index in [9.17, 15) is 19.5 Å². The number of hydrogen-bond acceptors (Lipinski definition) is 5. The monoisotopic (exact) mass is 591 g/mol. The molecule has 1 heterocycles. The fourth-order valence-electron chi connectivity index (χ4n) is 5.97. The Balaban J connectivity index is 1.53. The molecule has 234 valence electrons. The van der Waals surface area contributed by atoms with Crippen molar-refractivity contribution in [3.05, 3.63) is 59.7 Å². The summed E-state index contributed by atoms with van der Waals surface area (Å²) in [6.07, 6.45) is 8.04. The number of aliphatic hydroxyl groups excluding tert-OH is 1. The molecular formula is C34H49N5O4. The molecular weight excluding hydrogens is 542 g/mol. The molecule has 1 saturated heterocycles. The van der Waals surface area contributed by atoms with E-state index in [-0.39, 0.29) is 30.4 Å². The van der Waals surface area contributed by atoms with Crippen molar-refractivity contribution in [1.29, 1.82) is 0 Å². The van der Waals surface area contributed by atoms with Crippen molar-refractivity contribution in [3.8, 4) is 0 Å². The molecule has 43 heavy (non-hydrogen) atoms. The van der Waals surface area contributed by atoms with Crippen molar-refractivity contribution in [2.45, 2.75) is 96.2 Å². The maximum Gasteiger partial charge on any atom is 0.317 e. The van der Waals surface area contributed by atoms with Crippen LogP contribution < -0.4 is 20.9 Å². The number of nitrogens with zero attached hydrogens (tertiary/aromatic N) is 2. The van der Waals surface area contributed by atoms with Gasteiger partial charge < -0.3 is 30.9 Å². The molecule has 2 aliphatic rings. The zero-order valence-corrected chi connectivity index (χ0v) is 25.8. The third-order valence-electron chi connectivity index (χ3n) is 8.48. The number of likely N-dealkylation sites (N-methyl/N-ethyl adjacent to an activating group) is 1. The summed E-state index contributed by atoms with van der Waals surface area (Å²) in [6, 6.07) is 14.6. The first-order chi connectivity index (χ1) is 20.9. The zero-order chi connectivity index (χ0) is 30.6. The van der Waals surface area contributed by atoms with Gasteiger partial charge in [0, 0.05) is 49.0 Å². The second kappa shape index (κ2) is 16.3. The van der Waals surface area contributed by atoms with Crippen LogP contribution in [0.2, 0.25) is 0 Å². The largest absolute Gasteiger partial charge is 0.389 e. The molecule has 1 aliphatic carbocycles. The third kappa shape index (κ3) is 9.45. The van der Waals surface area contributed by atoms with Gasteiger partial charge in [-0.05, 0) is 69.2 Å². The van der Waals surface area contributed by atoms with E-state index < -0.39 is 12.1 Å². The van der Waals surface area contributed by atoms with Crippen LogP contribution >= 0.6 is 0 Å². The fraction of sp³-hybridized carbons (Fsp3) is 0.559.